The average Bonchev–Trinajstić information content (AvgIpc) is 3.03. The number of para-hydroxylation sites is 2. The first kappa shape index (κ1) is 18.2. The lowest BCUT2D eigenvalue weighted by molar-refractivity contribution is 0.294. The highest BCUT2D eigenvalue weighted by molar-refractivity contribution is 5.81. The molecule has 2 N–H and O–H groups in total. The van der Waals surface area contributed by atoms with Crippen molar-refractivity contribution in [2.24, 2.45) is 0 Å². The summed E-state index contributed by atoms with van der Waals surface area (Å²) in [4.78, 5) is 24.9. The third kappa shape index (κ3) is 2.90. The van der Waals surface area contributed by atoms with Crippen molar-refractivity contribution in [3.8, 4) is 0 Å². The second-order valence-electron chi connectivity index (χ2n) is 8.29. The normalized spacial score (nSPS) is 17.9. The highest BCUT2D eigenvalue weighted by atomic mass is 16.3. The van der Waals surface area contributed by atoms with Crippen LogP contribution in [0.25, 0.3) is 10.9 Å². The van der Waals surface area contributed by atoms with Gasteiger partial charge in [-0.05, 0) is 43.0 Å². The van der Waals surface area contributed by atoms with E-state index in [4.69, 9.17) is 4.98 Å². The molecular weight excluding hydrogens is 364 g/mol. The summed E-state index contributed by atoms with van der Waals surface area (Å²) in [5, 5.41) is 10.1. The fraction of sp³-hybridized carbons (Fsp3) is 0.391. The van der Waals surface area contributed by atoms with Crippen LogP contribution in [0.4, 0.5) is 11.6 Å². The van der Waals surface area contributed by atoms with Crippen LogP contribution in [0.2, 0.25) is 0 Å². The number of rotatable bonds is 3. The molecule has 3 aromatic rings. The van der Waals surface area contributed by atoms with Crippen LogP contribution in [0.1, 0.15) is 24.0 Å². The van der Waals surface area contributed by atoms with E-state index in [0.717, 1.165) is 43.6 Å². The predicted octanol–water partition coefficient (Wildman–Crippen LogP) is 2.58. The molecule has 2 aromatic carbocycles. The summed E-state index contributed by atoms with van der Waals surface area (Å²) in [6, 6.07) is 14.3. The van der Waals surface area contributed by atoms with Crippen LogP contribution in [0.5, 0.6) is 0 Å². The van der Waals surface area contributed by atoms with Crippen molar-refractivity contribution in [1.29, 1.82) is 0 Å². The van der Waals surface area contributed by atoms with Crippen LogP contribution in [0.15, 0.2) is 47.3 Å². The van der Waals surface area contributed by atoms with Crippen LogP contribution in [-0.2, 0) is 5.41 Å². The predicted molar refractivity (Wildman–Crippen MR) is 116 cm³/mol. The Morgan fingerprint density at radius 3 is 2.72 bits per heavy atom. The first-order valence-corrected chi connectivity index (χ1v) is 10.3. The molecule has 2 aliphatic heterocycles. The number of aromatic nitrogens is 2. The fourth-order valence-corrected chi connectivity index (χ4v) is 5.07. The van der Waals surface area contributed by atoms with Crippen molar-refractivity contribution in [3.63, 3.8) is 0 Å². The maximum Gasteiger partial charge on any atom is 0.260 e. The van der Waals surface area contributed by atoms with Gasteiger partial charge in [-0.3, -0.25) is 9.78 Å². The molecule has 0 unspecified atom stereocenters. The molecule has 0 atom stereocenters. The summed E-state index contributed by atoms with van der Waals surface area (Å²) < 4.78 is 0. The van der Waals surface area contributed by atoms with Crippen LogP contribution in [-0.4, -0.2) is 47.9 Å². The number of aromatic amines is 1. The van der Waals surface area contributed by atoms with Gasteiger partial charge in [-0.1, -0.05) is 30.3 Å². The second-order valence-corrected chi connectivity index (χ2v) is 8.29. The molecule has 29 heavy (non-hydrogen) atoms. The van der Waals surface area contributed by atoms with Crippen molar-refractivity contribution in [2.45, 2.75) is 25.2 Å². The summed E-state index contributed by atoms with van der Waals surface area (Å²) >= 11 is 0. The van der Waals surface area contributed by atoms with Gasteiger partial charge in [0, 0.05) is 37.3 Å². The first-order chi connectivity index (χ1) is 14.1. The molecule has 0 bridgehead atoms. The first-order valence-electron chi connectivity index (χ1n) is 10.3. The Balaban J connectivity index is 1.43. The third-order valence-corrected chi connectivity index (χ3v) is 6.63. The van der Waals surface area contributed by atoms with E-state index >= 15 is 0 Å². The van der Waals surface area contributed by atoms with Crippen LogP contribution in [0, 0.1) is 6.92 Å². The Morgan fingerprint density at radius 1 is 1.14 bits per heavy atom. The summed E-state index contributed by atoms with van der Waals surface area (Å²) in [7, 11) is 0. The number of aliphatic hydroxyl groups excluding tert-OH is 1. The molecule has 0 aliphatic carbocycles. The minimum atomic E-state index is -0.0747. The number of nitrogens with one attached hydrogen (secondary N) is 1. The third-order valence-electron chi connectivity index (χ3n) is 6.63. The van der Waals surface area contributed by atoms with Gasteiger partial charge in [0.15, 0.2) is 0 Å². The van der Waals surface area contributed by atoms with Crippen molar-refractivity contribution in [1.82, 2.24) is 9.97 Å². The van der Waals surface area contributed by atoms with E-state index in [2.05, 4.69) is 39.0 Å². The van der Waals surface area contributed by atoms with Crippen molar-refractivity contribution >= 4 is 22.5 Å². The Labute approximate surface area is 169 Å². The molecule has 1 spiro atoms. The smallest absolute Gasteiger partial charge is 0.260 e. The number of aliphatic hydroxyl groups is 1. The molecule has 1 fully saturated rings. The summed E-state index contributed by atoms with van der Waals surface area (Å²) in [6.45, 7) is 5.47. The van der Waals surface area contributed by atoms with Gasteiger partial charge in [0.25, 0.3) is 5.56 Å². The maximum absolute atomic E-state index is 12.6. The number of H-pyrrole nitrogens is 1. The molecule has 1 saturated heterocycles. The van der Waals surface area contributed by atoms with Gasteiger partial charge in [0.05, 0.1) is 17.5 Å². The van der Waals surface area contributed by atoms with E-state index in [1.165, 1.54) is 11.3 Å². The number of hydrogen-bond acceptors (Lipinski definition) is 5. The van der Waals surface area contributed by atoms with Gasteiger partial charge >= 0.3 is 0 Å². The highest BCUT2D eigenvalue weighted by Crippen LogP contribution is 2.47. The molecular formula is C23H26N4O2. The number of anilines is 2. The number of piperidine rings is 1. The number of fused-ring (bicyclic) bond motifs is 3. The second kappa shape index (κ2) is 6.88. The van der Waals surface area contributed by atoms with Gasteiger partial charge in [0.1, 0.15) is 0 Å². The zero-order chi connectivity index (χ0) is 20.0. The van der Waals surface area contributed by atoms with Crippen LogP contribution >= 0.6 is 0 Å². The molecule has 6 nitrogen and oxygen atoms in total. The lowest BCUT2D eigenvalue weighted by Crippen LogP contribution is -2.46. The fourth-order valence-electron chi connectivity index (χ4n) is 5.07. The van der Waals surface area contributed by atoms with E-state index < -0.39 is 0 Å². The average molecular weight is 390 g/mol. The maximum atomic E-state index is 12.6. The van der Waals surface area contributed by atoms with E-state index in [0.29, 0.717) is 17.9 Å². The molecule has 0 saturated carbocycles. The monoisotopic (exact) mass is 390 g/mol. The number of hydrogen-bond donors (Lipinski definition) is 2. The lowest BCUT2D eigenvalue weighted by atomic mass is 9.74. The Morgan fingerprint density at radius 2 is 1.93 bits per heavy atom. The largest absolute Gasteiger partial charge is 0.395 e. The van der Waals surface area contributed by atoms with Gasteiger partial charge < -0.3 is 14.9 Å². The molecule has 0 radical (unpaired) electrons. The van der Waals surface area contributed by atoms with E-state index in [1.54, 1.807) is 0 Å². The number of β-amino-alcohol motifs (C(OH)–C–C–N with tert-alkyl or cyclic N) is 1. The zero-order valence-corrected chi connectivity index (χ0v) is 16.7. The number of aryl methyl sites for hydroxylation is 1. The van der Waals surface area contributed by atoms with Gasteiger partial charge in [-0.2, -0.15) is 0 Å². The topological polar surface area (TPSA) is 72.5 Å². The standard InChI is InChI=1S/C23H26N4O2/c1-16-5-4-6-17-20(16)24-22(25-21(17)29)26-11-9-23(10-12-26)15-27(13-14-28)19-8-3-2-7-18(19)23/h2-8,28H,9-15H2,1H3,(H,24,25,29). The molecule has 1 aromatic heterocycles. The Kier molecular flexibility index (Phi) is 4.32. The molecule has 0 amide bonds. The van der Waals surface area contributed by atoms with Gasteiger partial charge in [-0.25, -0.2) is 4.98 Å². The summed E-state index contributed by atoms with van der Waals surface area (Å²) in [6.07, 6.45) is 2.00. The minimum absolute atomic E-state index is 0.0747. The lowest BCUT2D eigenvalue weighted by Gasteiger charge is -2.40. The number of benzene rings is 2. The molecule has 2 aliphatic rings. The SMILES string of the molecule is Cc1cccc2c(=O)[nH]c(N3CCC4(CC3)CN(CCO)c3ccccc34)nc12. The molecule has 3 heterocycles. The van der Waals surface area contributed by atoms with E-state index in [1.807, 2.05) is 25.1 Å². The van der Waals surface area contributed by atoms with Crippen molar-refractivity contribution in [2.75, 3.05) is 42.6 Å². The van der Waals surface area contributed by atoms with Crippen LogP contribution < -0.4 is 15.4 Å². The van der Waals surface area contributed by atoms with E-state index in [-0.39, 0.29) is 17.6 Å². The summed E-state index contributed by atoms with van der Waals surface area (Å²) in [5.74, 6) is 0.671. The van der Waals surface area contributed by atoms with Gasteiger partial charge in [-0.15, -0.1) is 0 Å². The minimum Gasteiger partial charge on any atom is -0.395 e. The molecule has 6 heteroatoms. The highest BCUT2D eigenvalue weighted by Gasteiger charge is 2.44. The summed E-state index contributed by atoms with van der Waals surface area (Å²) in [5.41, 5.74) is 4.48. The Bertz CT molecular complexity index is 1120. The number of nitrogens with zero attached hydrogens (tertiary/aromatic N) is 3. The van der Waals surface area contributed by atoms with Crippen molar-refractivity contribution in [3.05, 3.63) is 63.9 Å². The van der Waals surface area contributed by atoms with E-state index in [9.17, 15) is 9.90 Å². The zero-order valence-electron chi connectivity index (χ0n) is 16.7. The van der Waals surface area contributed by atoms with Crippen LogP contribution in [0.3, 0.4) is 0 Å². The molecule has 5 rings (SSSR count). The Hall–Kier alpha value is -2.86. The van der Waals surface area contributed by atoms with Crippen molar-refractivity contribution < 1.29 is 5.11 Å². The molecule has 150 valence electrons. The van der Waals surface area contributed by atoms with Gasteiger partial charge in [0.2, 0.25) is 5.95 Å². The quantitative estimate of drug-likeness (QED) is 0.719.